The van der Waals surface area contributed by atoms with Gasteiger partial charge >= 0.3 is 5.97 Å². The van der Waals surface area contributed by atoms with Crippen LogP contribution in [-0.2, 0) is 9.53 Å². The van der Waals surface area contributed by atoms with E-state index in [0.29, 0.717) is 16.3 Å². The van der Waals surface area contributed by atoms with E-state index in [0.717, 1.165) is 10.6 Å². The highest BCUT2D eigenvalue weighted by Gasteiger charge is 2.23. The molecule has 2 rings (SSSR count). The predicted molar refractivity (Wildman–Crippen MR) is 101 cm³/mol. The summed E-state index contributed by atoms with van der Waals surface area (Å²) in [6.07, 6.45) is -0.159. The first kappa shape index (κ1) is 19.9. The Labute approximate surface area is 157 Å². The van der Waals surface area contributed by atoms with Gasteiger partial charge in [0, 0.05) is 0 Å². The molecule has 2 aromatic rings. The molecule has 0 radical (unpaired) electrons. The fraction of sp³-hybridized carbons (Fsp3) is 0.421. The van der Waals surface area contributed by atoms with E-state index in [1.807, 2.05) is 19.1 Å². The van der Waals surface area contributed by atoms with Gasteiger partial charge in [0.25, 0.3) is 5.91 Å². The number of hydrogen-bond donors (Lipinski definition) is 1. The number of rotatable bonds is 7. The molecule has 0 bridgehead atoms. The molecule has 1 aromatic heterocycles. The fourth-order valence-corrected chi connectivity index (χ4v) is 3.35. The maximum atomic E-state index is 12.7. The zero-order valence-electron chi connectivity index (χ0n) is 15.7. The molecule has 1 aromatic carbocycles. The zero-order chi connectivity index (χ0) is 19.3. The summed E-state index contributed by atoms with van der Waals surface area (Å²) in [4.78, 5) is 29.7. The van der Waals surface area contributed by atoms with Crippen LogP contribution >= 0.6 is 11.3 Å². The molecule has 0 saturated carbocycles. The van der Waals surface area contributed by atoms with Crippen LogP contribution in [0, 0.1) is 13.8 Å². The van der Waals surface area contributed by atoms with Crippen LogP contribution < -0.4 is 10.1 Å². The first-order chi connectivity index (χ1) is 12.3. The maximum Gasteiger partial charge on any atom is 0.308 e. The van der Waals surface area contributed by atoms with Gasteiger partial charge in [-0.1, -0.05) is 12.1 Å². The monoisotopic (exact) mass is 376 g/mol. The van der Waals surface area contributed by atoms with Gasteiger partial charge in [0.05, 0.1) is 36.4 Å². The number of methoxy groups -OCH3 is 1. The number of thiazole rings is 1. The average molecular weight is 376 g/mol. The lowest BCUT2D eigenvalue weighted by Gasteiger charge is -2.19. The van der Waals surface area contributed by atoms with Gasteiger partial charge in [-0.05, 0) is 45.4 Å². The third-order valence-electron chi connectivity index (χ3n) is 3.67. The zero-order valence-corrected chi connectivity index (χ0v) is 16.5. The number of carbonyl (C=O) groups excluding carboxylic acids is 2. The number of aryl methyl sites for hydroxylation is 2. The lowest BCUT2D eigenvalue weighted by molar-refractivity contribution is -0.147. The number of nitrogens with one attached hydrogen (secondary N) is 1. The molecule has 26 heavy (non-hydrogen) atoms. The first-order valence-corrected chi connectivity index (χ1v) is 9.20. The quantitative estimate of drug-likeness (QED) is 0.748. The average Bonchev–Trinajstić information content (AvgIpc) is 2.92. The third kappa shape index (κ3) is 5.29. The molecule has 1 unspecified atom stereocenters. The highest BCUT2D eigenvalue weighted by Crippen LogP contribution is 2.23. The molecule has 1 heterocycles. The molecule has 140 valence electrons. The van der Waals surface area contributed by atoms with Crippen molar-refractivity contribution < 1.29 is 19.1 Å². The molecule has 1 atom stereocenters. The van der Waals surface area contributed by atoms with Gasteiger partial charge in [0.2, 0.25) is 0 Å². The van der Waals surface area contributed by atoms with Gasteiger partial charge in [-0.3, -0.25) is 9.59 Å². The number of nitrogens with zero attached hydrogens (tertiary/aromatic N) is 1. The summed E-state index contributed by atoms with van der Waals surface area (Å²) in [6, 6.07) is 6.75. The van der Waals surface area contributed by atoms with Crippen LogP contribution in [0.5, 0.6) is 5.75 Å². The van der Waals surface area contributed by atoms with Crippen LogP contribution in [0.3, 0.4) is 0 Å². The van der Waals surface area contributed by atoms with E-state index in [1.165, 1.54) is 11.3 Å². The van der Waals surface area contributed by atoms with E-state index in [4.69, 9.17) is 9.47 Å². The van der Waals surface area contributed by atoms with E-state index in [-0.39, 0.29) is 24.4 Å². The molecule has 0 fully saturated rings. The number of esters is 1. The van der Waals surface area contributed by atoms with Gasteiger partial charge < -0.3 is 14.8 Å². The van der Waals surface area contributed by atoms with E-state index < -0.39 is 6.04 Å². The SMILES string of the molecule is COc1ccc(C(CC(=O)OC(C)C)NC(=O)c2sc(C)nc2C)cc1. The lowest BCUT2D eigenvalue weighted by atomic mass is 10.0. The predicted octanol–water partition coefficient (Wildman–Crippen LogP) is 3.58. The number of amides is 1. The van der Waals surface area contributed by atoms with Crippen LogP contribution in [0.1, 0.15) is 52.2 Å². The molecular formula is C19H24N2O4S. The molecule has 0 saturated heterocycles. The summed E-state index contributed by atoms with van der Waals surface area (Å²) in [5, 5.41) is 3.76. The summed E-state index contributed by atoms with van der Waals surface area (Å²) in [7, 11) is 1.59. The van der Waals surface area contributed by atoms with Crippen LogP contribution in [0.2, 0.25) is 0 Å². The number of carbonyl (C=O) groups is 2. The first-order valence-electron chi connectivity index (χ1n) is 8.38. The van der Waals surface area contributed by atoms with Crippen molar-refractivity contribution in [2.75, 3.05) is 7.11 Å². The largest absolute Gasteiger partial charge is 0.497 e. The Morgan fingerprint density at radius 3 is 2.35 bits per heavy atom. The molecule has 1 amide bonds. The minimum absolute atomic E-state index is 0.0487. The van der Waals surface area contributed by atoms with Crippen LogP contribution in [0.4, 0.5) is 0 Å². The van der Waals surface area contributed by atoms with E-state index >= 15 is 0 Å². The van der Waals surface area contributed by atoms with Crippen LogP contribution in [-0.4, -0.2) is 30.1 Å². The van der Waals surface area contributed by atoms with Gasteiger partial charge in [-0.15, -0.1) is 11.3 Å². The maximum absolute atomic E-state index is 12.7. The molecular weight excluding hydrogens is 352 g/mol. The second-order valence-corrected chi connectivity index (χ2v) is 7.39. The summed E-state index contributed by atoms with van der Waals surface area (Å²) < 4.78 is 10.4. The number of aromatic nitrogens is 1. The Morgan fingerprint density at radius 2 is 1.85 bits per heavy atom. The molecule has 1 N–H and O–H groups in total. The van der Waals surface area contributed by atoms with E-state index in [2.05, 4.69) is 10.3 Å². The standard InChI is InChI=1S/C19H24N2O4S/c1-11(2)25-17(22)10-16(14-6-8-15(24-5)9-7-14)21-19(23)18-12(3)20-13(4)26-18/h6-9,11,16H,10H2,1-5H3,(H,21,23). The molecule has 0 aliphatic heterocycles. The van der Waals surface area contributed by atoms with Crippen LogP contribution in [0.15, 0.2) is 24.3 Å². The smallest absolute Gasteiger partial charge is 0.308 e. The van der Waals surface area contributed by atoms with Crippen LogP contribution in [0.25, 0.3) is 0 Å². The summed E-state index contributed by atoms with van der Waals surface area (Å²) in [6.45, 7) is 7.24. The Morgan fingerprint density at radius 1 is 1.19 bits per heavy atom. The molecule has 0 aliphatic carbocycles. The topological polar surface area (TPSA) is 77.5 Å². The number of benzene rings is 1. The van der Waals surface area contributed by atoms with Crippen molar-refractivity contribution in [3.8, 4) is 5.75 Å². The third-order valence-corrected chi connectivity index (χ3v) is 4.74. The molecule has 7 heteroatoms. The summed E-state index contributed by atoms with van der Waals surface area (Å²) in [5.41, 5.74) is 1.49. The van der Waals surface area contributed by atoms with Crippen molar-refractivity contribution in [3.05, 3.63) is 45.4 Å². The van der Waals surface area contributed by atoms with Crippen molar-refractivity contribution in [2.24, 2.45) is 0 Å². The summed E-state index contributed by atoms with van der Waals surface area (Å²) in [5.74, 6) is 0.0992. The van der Waals surface area contributed by atoms with Crippen molar-refractivity contribution in [2.45, 2.75) is 46.3 Å². The molecule has 0 spiro atoms. The Bertz CT molecular complexity index is 768. The van der Waals surface area contributed by atoms with Gasteiger partial charge in [-0.2, -0.15) is 0 Å². The van der Waals surface area contributed by atoms with Crippen molar-refractivity contribution in [1.82, 2.24) is 10.3 Å². The Hall–Kier alpha value is -2.41. The van der Waals surface area contributed by atoms with Crippen molar-refractivity contribution in [3.63, 3.8) is 0 Å². The fourth-order valence-electron chi connectivity index (χ4n) is 2.53. The van der Waals surface area contributed by atoms with Gasteiger partial charge in [0.15, 0.2) is 0 Å². The molecule has 6 nitrogen and oxygen atoms in total. The van der Waals surface area contributed by atoms with Gasteiger partial charge in [-0.25, -0.2) is 4.98 Å². The van der Waals surface area contributed by atoms with Gasteiger partial charge in [0.1, 0.15) is 10.6 Å². The highest BCUT2D eigenvalue weighted by atomic mass is 32.1. The Balaban J connectivity index is 2.22. The number of hydrogen-bond acceptors (Lipinski definition) is 6. The summed E-state index contributed by atoms with van der Waals surface area (Å²) >= 11 is 1.34. The second kappa shape index (κ2) is 8.80. The van der Waals surface area contributed by atoms with E-state index in [1.54, 1.807) is 40.0 Å². The normalized spacial score (nSPS) is 11.9. The lowest BCUT2D eigenvalue weighted by Crippen LogP contribution is -2.31. The highest BCUT2D eigenvalue weighted by molar-refractivity contribution is 7.13. The Kier molecular flexibility index (Phi) is 6.74. The van der Waals surface area contributed by atoms with Crippen molar-refractivity contribution >= 4 is 23.2 Å². The second-order valence-electron chi connectivity index (χ2n) is 6.19. The van der Waals surface area contributed by atoms with Crippen molar-refractivity contribution in [1.29, 1.82) is 0 Å². The minimum atomic E-state index is -0.499. The number of ether oxygens (including phenoxy) is 2. The minimum Gasteiger partial charge on any atom is -0.497 e. The van der Waals surface area contributed by atoms with E-state index in [9.17, 15) is 9.59 Å². The molecule has 0 aliphatic rings.